The van der Waals surface area contributed by atoms with Gasteiger partial charge < -0.3 is 0 Å². The van der Waals surface area contributed by atoms with Crippen LogP contribution in [0.3, 0.4) is 0 Å². The first-order chi connectivity index (χ1) is 8.70. The third-order valence-corrected chi connectivity index (χ3v) is 3.69. The molecule has 0 aliphatic heterocycles. The maximum Gasteiger partial charge on any atom is 0.0500 e. The molecule has 2 rings (SSSR count). The van der Waals surface area contributed by atoms with Gasteiger partial charge in [0.15, 0.2) is 0 Å². The number of benzene rings is 2. The maximum absolute atomic E-state index is 6.22. The van der Waals surface area contributed by atoms with Crippen LogP contribution in [0, 0.1) is 0 Å². The molecule has 2 aromatic carbocycles. The summed E-state index contributed by atoms with van der Waals surface area (Å²) < 4.78 is 0.980. The highest BCUT2D eigenvalue weighted by molar-refractivity contribution is 9.10. The number of halogens is 2. The van der Waals surface area contributed by atoms with Gasteiger partial charge in [0.1, 0.15) is 0 Å². The molecule has 94 valence electrons. The van der Waals surface area contributed by atoms with Crippen molar-refractivity contribution < 1.29 is 0 Å². The van der Waals surface area contributed by atoms with Crippen LogP contribution in [0.1, 0.15) is 17.2 Å². The molecule has 0 saturated carbocycles. The molecule has 2 aromatic rings. The van der Waals surface area contributed by atoms with E-state index in [9.17, 15) is 0 Å². The van der Waals surface area contributed by atoms with Gasteiger partial charge in [0.05, 0.1) is 6.04 Å². The average Bonchev–Trinajstić information content (AvgIpc) is 2.39. The van der Waals surface area contributed by atoms with Gasteiger partial charge in [0.2, 0.25) is 0 Å². The Hall–Kier alpha value is -0.870. The molecule has 2 nitrogen and oxygen atoms in total. The van der Waals surface area contributed by atoms with E-state index < -0.39 is 0 Å². The monoisotopic (exact) mass is 324 g/mol. The van der Waals surface area contributed by atoms with Crippen molar-refractivity contribution in [3.05, 3.63) is 69.2 Å². The Labute approximate surface area is 120 Å². The van der Waals surface area contributed by atoms with E-state index in [1.165, 1.54) is 0 Å². The molecule has 0 bridgehead atoms. The van der Waals surface area contributed by atoms with E-state index in [0.29, 0.717) is 0 Å². The van der Waals surface area contributed by atoms with E-state index in [0.717, 1.165) is 27.0 Å². The Morgan fingerprint density at radius 1 is 1.17 bits per heavy atom. The van der Waals surface area contributed by atoms with Gasteiger partial charge in [0, 0.05) is 9.50 Å². The highest BCUT2D eigenvalue weighted by atomic mass is 79.9. The summed E-state index contributed by atoms with van der Waals surface area (Å²) >= 11 is 9.62. The second kappa shape index (κ2) is 6.34. The molecule has 1 atom stereocenters. The highest BCUT2D eigenvalue weighted by Crippen LogP contribution is 2.26. The number of hydrazine groups is 1. The minimum atomic E-state index is 0.0601. The summed E-state index contributed by atoms with van der Waals surface area (Å²) in [6.07, 6.45) is 0.757. The van der Waals surface area contributed by atoms with Crippen molar-refractivity contribution in [2.24, 2.45) is 5.84 Å². The number of nitrogens with two attached hydrogens (primary N) is 1. The van der Waals surface area contributed by atoms with Crippen LogP contribution in [0.25, 0.3) is 0 Å². The van der Waals surface area contributed by atoms with Gasteiger partial charge in [-0.15, -0.1) is 0 Å². The van der Waals surface area contributed by atoms with E-state index in [2.05, 4.69) is 33.5 Å². The minimum Gasteiger partial charge on any atom is -0.271 e. The fourth-order valence-electron chi connectivity index (χ4n) is 1.87. The topological polar surface area (TPSA) is 38.0 Å². The first kappa shape index (κ1) is 13.6. The normalized spacial score (nSPS) is 12.4. The van der Waals surface area contributed by atoms with Crippen LogP contribution < -0.4 is 11.3 Å². The predicted molar refractivity (Wildman–Crippen MR) is 79.4 cm³/mol. The van der Waals surface area contributed by atoms with Gasteiger partial charge in [-0.05, 0) is 29.7 Å². The Morgan fingerprint density at radius 3 is 2.50 bits per heavy atom. The largest absolute Gasteiger partial charge is 0.271 e. The fourth-order valence-corrected chi connectivity index (χ4v) is 2.62. The molecule has 0 aromatic heterocycles. The molecule has 0 radical (unpaired) electrons. The zero-order chi connectivity index (χ0) is 13.0. The molecular weight excluding hydrogens is 312 g/mol. The molecule has 0 aliphatic carbocycles. The zero-order valence-electron chi connectivity index (χ0n) is 9.74. The van der Waals surface area contributed by atoms with Gasteiger partial charge >= 0.3 is 0 Å². The SMILES string of the molecule is NNC(Cc1ccc(Br)cc1Cl)c1ccccc1. The summed E-state index contributed by atoms with van der Waals surface area (Å²) in [6.45, 7) is 0. The Bertz CT molecular complexity index is 516. The lowest BCUT2D eigenvalue weighted by Crippen LogP contribution is -2.29. The molecule has 0 aliphatic rings. The van der Waals surface area contributed by atoms with Crippen molar-refractivity contribution in [1.82, 2.24) is 5.43 Å². The van der Waals surface area contributed by atoms with Crippen molar-refractivity contribution in [2.45, 2.75) is 12.5 Å². The summed E-state index contributed by atoms with van der Waals surface area (Å²) in [5, 5.41) is 0.751. The standard InChI is InChI=1S/C14H14BrClN2/c15-12-7-6-11(13(16)9-12)8-14(18-17)10-4-2-1-3-5-10/h1-7,9,14,18H,8,17H2. The lowest BCUT2D eigenvalue weighted by molar-refractivity contribution is 0.552. The third-order valence-electron chi connectivity index (χ3n) is 2.84. The van der Waals surface area contributed by atoms with E-state index in [4.69, 9.17) is 17.4 Å². The van der Waals surface area contributed by atoms with Crippen LogP contribution >= 0.6 is 27.5 Å². The average molecular weight is 326 g/mol. The highest BCUT2D eigenvalue weighted by Gasteiger charge is 2.12. The molecule has 3 N–H and O–H groups in total. The van der Waals surface area contributed by atoms with Crippen LogP contribution in [-0.2, 0) is 6.42 Å². The second-order valence-corrected chi connectivity index (χ2v) is 5.39. The Balaban J connectivity index is 2.21. The van der Waals surface area contributed by atoms with Crippen molar-refractivity contribution in [2.75, 3.05) is 0 Å². The van der Waals surface area contributed by atoms with Crippen LogP contribution in [0.5, 0.6) is 0 Å². The zero-order valence-corrected chi connectivity index (χ0v) is 12.1. The smallest absolute Gasteiger partial charge is 0.0500 e. The van der Waals surface area contributed by atoms with Crippen molar-refractivity contribution in [3.8, 4) is 0 Å². The maximum atomic E-state index is 6.22. The number of rotatable bonds is 4. The van der Waals surface area contributed by atoms with E-state index in [-0.39, 0.29) is 6.04 Å². The molecule has 0 saturated heterocycles. The first-order valence-corrected chi connectivity index (χ1v) is 6.83. The summed E-state index contributed by atoms with van der Waals surface area (Å²) in [6, 6.07) is 16.1. The lowest BCUT2D eigenvalue weighted by Gasteiger charge is -2.17. The predicted octanol–water partition coefficient (Wildman–Crippen LogP) is 3.85. The summed E-state index contributed by atoms with van der Waals surface area (Å²) in [4.78, 5) is 0. The molecule has 0 amide bonds. The summed E-state index contributed by atoms with van der Waals surface area (Å²) in [5.74, 6) is 5.63. The Kier molecular flexibility index (Phi) is 4.78. The number of hydrogen-bond donors (Lipinski definition) is 2. The van der Waals surface area contributed by atoms with Gasteiger partial charge in [-0.1, -0.05) is 63.9 Å². The summed E-state index contributed by atoms with van der Waals surface area (Å²) in [7, 11) is 0. The Morgan fingerprint density at radius 2 is 1.89 bits per heavy atom. The third kappa shape index (κ3) is 3.33. The first-order valence-electron chi connectivity index (χ1n) is 5.65. The molecular formula is C14H14BrClN2. The number of hydrogen-bond acceptors (Lipinski definition) is 2. The van der Waals surface area contributed by atoms with Crippen molar-refractivity contribution in [3.63, 3.8) is 0 Å². The van der Waals surface area contributed by atoms with Gasteiger partial charge in [-0.3, -0.25) is 11.3 Å². The molecule has 0 fully saturated rings. The van der Waals surface area contributed by atoms with Gasteiger partial charge in [-0.2, -0.15) is 0 Å². The quantitative estimate of drug-likeness (QED) is 0.662. The minimum absolute atomic E-state index is 0.0601. The summed E-state index contributed by atoms with van der Waals surface area (Å²) in [5.41, 5.74) is 5.07. The van der Waals surface area contributed by atoms with E-state index in [1.807, 2.05) is 36.4 Å². The lowest BCUT2D eigenvalue weighted by atomic mass is 9.99. The second-order valence-electron chi connectivity index (χ2n) is 4.07. The van der Waals surface area contributed by atoms with Crippen LogP contribution in [0.2, 0.25) is 5.02 Å². The van der Waals surface area contributed by atoms with E-state index in [1.54, 1.807) is 0 Å². The molecule has 0 heterocycles. The van der Waals surface area contributed by atoms with Crippen molar-refractivity contribution >= 4 is 27.5 Å². The van der Waals surface area contributed by atoms with Gasteiger partial charge in [-0.25, -0.2) is 0 Å². The van der Waals surface area contributed by atoms with Crippen molar-refractivity contribution in [1.29, 1.82) is 0 Å². The van der Waals surface area contributed by atoms with Crippen LogP contribution in [0.4, 0.5) is 0 Å². The fraction of sp³-hybridized carbons (Fsp3) is 0.143. The molecule has 1 unspecified atom stereocenters. The van der Waals surface area contributed by atoms with Gasteiger partial charge in [0.25, 0.3) is 0 Å². The van der Waals surface area contributed by atoms with E-state index >= 15 is 0 Å². The molecule has 18 heavy (non-hydrogen) atoms. The molecule has 0 spiro atoms. The van der Waals surface area contributed by atoms with Crippen LogP contribution in [0.15, 0.2) is 53.0 Å². The number of nitrogens with one attached hydrogen (secondary N) is 1. The molecule has 4 heteroatoms. The van der Waals surface area contributed by atoms with Crippen LogP contribution in [-0.4, -0.2) is 0 Å².